The van der Waals surface area contributed by atoms with E-state index in [4.69, 9.17) is 4.42 Å². The molecule has 0 spiro atoms. The van der Waals surface area contributed by atoms with E-state index in [0.717, 1.165) is 19.0 Å². The van der Waals surface area contributed by atoms with Crippen molar-refractivity contribution in [2.45, 2.75) is 39.2 Å². The van der Waals surface area contributed by atoms with Crippen molar-refractivity contribution in [1.82, 2.24) is 10.3 Å². The fraction of sp³-hybridized carbons (Fsp3) is 0.438. The molecule has 114 valence electrons. The van der Waals surface area contributed by atoms with Crippen LogP contribution in [-0.4, -0.2) is 17.1 Å². The highest BCUT2D eigenvalue weighted by Gasteiger charge is 2.10. The number of benzene rings is 1. The molecular formula is C16H20F2N2O. The van der Waals surface area contributed by atoms with Gasteiger partial charge in [0.2, 0.25) is 0 Å². The minimum absolute atomic E-state index is 0.0842. The maximum atomic E-state index is 13.2. The van der Waals surface area contributed by atoms with Crippen LogP contribution in [0.4, 0.5) is 8.78 Å². The smallest absolute Gasteiger partial charge is 0.194 e. The zero-order chi connectivity index (χ0) is 15.5. The van der Waals surface area contributed by atoms with Gasteiger partial charge in [-0.25, -0.2) is 13.8 Å². The molecule has 1 heterocycles. The van der Waals surface area contributed by atoms with Gasteiger partial charge in [-0.15, -0.1) is 0 Å². The molecule has 0 atom stereocenters. The van der Waals surface area contributed by atoms with Crippen LogP contribution in [0.2, 0.25) is 0 Å². The van der Waals surface area contributed by atoms with E-state index in [0.29, 0.717) is 23.6 Å². The minimum atomic E-state index is -0.627. The van der Waals surface area contributed by atoms with Gasteiger partial charge in [0.15, 0.2) is 11.7 Å². The highest BCUT2D eigenvalue weighted by atomic mass is 19.1. The van der Waals surface area contributed by atoms with Crippen LogP contribution in [-0.2, 0) is 6.42 Å². The Kier molecular flexibility index (Phi) is 4.73. The van der Waals surface area contributed by atoms with Gasteiger partial charge in [0.1, 0.15) is 11.6 Å². The SMILES string of the molecule is CC(C)(C)NCCCc1ncc(-c2cc(F)cc(F)c2)o1. The first-order chi connectivity index (χ1) is 9.83. The van der Waals surface area contributed by atoms with Crippen LogP contribution in [0, 0.1) is 11.6 Å². The van der Waals surface area contributed by atoms with Gasteiger partial charge in [0.05, 0.1) is 6.20 Å². The average molecular weight is 294 g/mol. The highest BCUT2D eigenvalue weighted by Crippen LogP contribution is 2.22. The summed E-state index contributed by atoms with van der Waals surface area (Å²) in [5, 5.41) is 3.38. The van der Waals surface area contributed by atoms with Gasteiger partial charge in [-0.05, 0) is 45.9 Å². The molecule has 2 rings (SSSR count). The Labute approximate surface area is 123 Å². The van der Waals surface area contributed by atoms with E-state index >= 15 is 0 Å². The lowest BCUT2D eigenvalue weighted by Gasteiger charge is -2.19. The molecule has 21 heavy (non-hydrogen) atoms. The van der Waals surface area contributed by atoms with Crippen molar-refractivity contribution in [3.05, 3.63) is 41.9 Å². The van der Waals surface area contributed by atoms with Crippen molar-refractivity contribution < 1.29 is 13.2 Å². The quantitative estimate of drug-likeness (QED) is 0.849. The van der Waals surface area contributed by atoms with Gasteiger partial charge in [-0.3, -0.25) is 0 Å². The lowest BCUT2D eigenvalue weighted by molar-refractivity contribution is 0.412. The first-order valence-corrected chi connectivity index (χ1v) is 7.00. The second-order valence-corrected chi connectivity index (χ2v) is 6.06. The molecule has 0 saturated carbocycles. The van der Waals surface area contributed by atoms with Crippen LogP contribution in [0.25, 0.3) is 11.3 Å². The average Bonchev–Trinajstić information content (AvgIpc) is 2.81. The lowest BCUT2D eigenvalue weighted by atomic mass is 10.1. The van der Waals surface area contributed by atoms with Crippen LogP contribution in [0.15, 0.2) is 28.8 Å². The third kappa shape index (κ3) is 4.93. The van der Waals surface area contributed by atoms with Crippen LogP contribution in [0.5, 0.6) is 0 Å². The van der Waals surface area contributed by atoms with E-state index in [2.05, 4.69) is 31.1 Å². The second-order valence-electron chi connectivity index (χ2n) is 6.06. The number of hydrogen-bond donors (Lipinski definition) is 1. The number of rotatable bonds is 5. The Balaban J connectivity index is 1.95. The predicted molar refractivity (Wildman–Crippen MR) is 77.9 cm³/mol. The fourth-order valence-corrected chi connectivity index (χ4v) is 1.96. The van der Waals surface area contributed by atoms with Gasteiger partial charge in [0, 0.05) is 23.6 Å². The molecule has 0 aliphatic carbocycles. The number of aryl methyl sites for hydroxylation is 1. The standard InChI is InChI=1S/C16H20F2N2O/c1-16(2,3)20-6-4-5-15-19-10-14(21-15)11-7-12(17)9-13(18)8-11/h7-10,20H,4-6H2,1-3H3. The van der Waals surface area contributed by atoms with Crippen molar-refractivity contribution in [3.63, 3.8) is 0 Å². The third-order valence-corrected chi connectivity index (χ3v) is 2.92. The van der Waals surface area contributed by atoms with Crippen LogP contribution in [0.3, 0.4) is 0 Å². The number of aromatic nitrogens is 1. The number of nitrogens with zero attached hydrogens (tertiary/aromatic N) is 1. The first-order valence-electron chi connectivity index (χ1n) is 7.00. The van der Waals surface area contributed by atoms with E-state index in [-0.39, 0.29) is 5.54 Å². The maximum absolute atomic E-state index is 13.2. The summed E-state index contributed by atoms with van der Waals surface area (Å²) >= 11 is 0. The van der Waals surface area contributed by atoms with Crippen molar-refractivity contribution in [3.8, 4) is 11.3 Å². The van der Waals surface area contributed by atoms with Gasteiger partial charge in [-0.2, -0.15) is 0 Å². The number of oxazole rings is 1. The summed E-state index contributed by atoms with van der Waals surface area (Å²) in [7, 11) is 0. The maximum Gasteiger partial charge on any atom is 0.194 e. The number of halogens is 2. The highest BCUT2D eigenvalue weighted by molar-refractivity contribution is 5.56. The molecule has 0 radical (unpaired) electrons. The lowest BCUT2D eigenvalue weighted by Crippen LogP contribution is -2.36. The van der Waals surface area contributed by atoms with Crippen molar-refractivity contribution >= 4 is 0 Å². The molecule has 0 fully saturated rings. The monoisotopic (exact) mass is 294 g/mol. The Morgan fingerprint density at radius 1 is 1.14 bits per heavy atom. The summed E-state index contributed by atoms with van der Waals surface area (Å²) < 4.78 is 31.9. The van der Waals surface area contributed by atoms with Gasteiger partial charge in [0.25, 0.3) is 0 Å². The molecule has 0 bridgehead atoms. The molecule has 1 aromatic carbocycles. The van der Waals surface area contributed by atoms with E-state index in [1.165, 1.54) is 18.3 Å². The summed E-state index contributed by atoms with van der Waals surface area (Å²) in [6, 6.07) is 3.29. The third-order valence-electron chi connectivity index (χ3n) is 2.92. The molecule has 1 N–H and O–H groups in total. The van der Waals surface area contributed by atoms with E-state index in [1.807, 2.05) is 0 Å². The Bertz CT molecular complexity index is 582. The topological polar surface area (TPSA) is 38.1 Å². The molecule has 2 aromatic rings. The van der Waals surface area contributed by atoms with Gasteiger partial charge >= 0.3 is 0 Å². The second kappa shape index (κ2) is 6.35. The van der Waals surface area contributed by atoms with Crippen molar-refractivity contribution in [2.75, 3.05) is 6.54 Å². The van der Waals surface area contributed by atoms with E-state index < -0.39 is 11.6 Å². The molecule has 3 nitrogen and oxygen atoms in total. The molecule has 0 aliphatic heterocycles. The largest absolute Gasteiger partial charge is 0.441 e. The van der Waals surface area contributed by atoms with Crippen LogP contribution < -0.4 is 5.32 Å². The molecule has 0 saturated heterocycles. The van der Waals surface area contributed by atoms with E-state index in [9.17, 15) is 8.78 Å². The number of hydrogen-bond acceptors (Lipinski definition) is 3. The van der Waals surface area contributed by atoms with Gasteiger partial charge in [-0.1, -0.05) is 0 Å². The molecule has 1 aromatic heterocycles. The van der Waals surface area contributed by atoms with Crippen LogP contribution >= 0.6 is 0 Å². The predicted octanol–water partition coefficient (Wildman–Crippen LogP) is 3.94. The van der Waals surface area contributed by atoms with Crippen molar-refractivity contribution in [2.24, 2.45) is 0 Å². The Morgan fingerprint density at radius 3 is 2.43 bits per heavy atom. The number of nitrogens with one attached hydrogen (secondary N) is 1. The normalized spacial score (nSPS) is 11.9. The van der Waals surface area contributed by atoms with Crippen LogP contribution in [0.1, 0.15) is 33.1 Å². The summed E-state index contributed by atoms with van der Waals surface area (Å²) in [5.74, 6) is -0.299. The fourth-order valence-electron chi connectivity index (χ4n) is 1.96. The molecule has 0 amide bonds. The minimum Gasteiger partial charge on any atom is -0.441 e. The van der Waals surface area contributed by atoms with E-state index in [1.54, 1.807) is 0 Å². The summed E-state index contributed by atoms with van der Waals surface area (Å²) in [4.78, 5) is 4.15. The molecule has 5 heteroatoms. The zero-order valence-corrected chi connectivity index (χ0v) is 12.5. The molecule has 0 unspecified atom stereocenters. The molecule has 0 aliphatic rings. The summed E-state index contributed by atoms with van der Waals surface area (Å²) in [6.45, 7) is 7.17. The Morgan fingerprint density at radius 2 is 1.81 bits per heavy atom. The Hall–Kier alpha value is -1.75. The zero-order valence-electron chi connectivity index (χ0n) is 12.5. The summed E-state index contributed by atoms with van der Waals surface area (Å²) in [5.41, 5.74) is 0.444. The first kappa shape index (κ1) is 15.6. The molecular weight excluding hydrogens is 274 g/mol. The summed E-state index contributed by atoms with van der Waals surface area (Å²) in [6.07, 6.45) is 3.07. The van der Waals surface area contributed by atoms with Gasteiger partial charge < -0.3 is 9.73 Å². The van der Waals surface area contributed by atoms with Crippen molar-refractivity contribution in [1.29, 1.82) is 0 Å².